The molecule has 0 saturated carbocycles. The van der Waals surface area contributed by atoms with Crippen molar-refractivity contribution in [3.8, 4) is 11.4 Å². The zero-order valence-corrected chi connectivity index (χ0v) is 21.5. The second-order valence-corrected chi connectivity index (χ2v) is 9.63. The third-order valence-electron chi connectivity index (χ3n) is 7.72. The monoisotopic (exact) mass is 472 g/mol. The predicted octanol–water partition coefficient (Wildman–Crippen LogP) is 6.64. The van der Waals surface area contributed by atoms with E-state index in [2.05, 4.69) is 9.97 Å². The van der Waals surface area contributed by atoms with Crippen molar-refractivity contribution in [2.24, 2.45) is 0 Å². The van der Waals surface area contributed by atoms with Gasteiger partial charge in [0.2, 0.25) is 0 Å². The Kier molecular flexibility index (Phi) is 5.42. The molecule has 0 amide bonds. The van der Waals surface area contributed by atoms with Gasteiger partial charge in [-0.3, -0.25) is 9.97 Å². The van der Waals surface area contributed by atoms with Crippen LogP contribution in [-0.4, -0.2) is 31.6 Å². The number of pyridine rings is 2. The maximum Gasteiger partial charge on any atom is 0.737 e. The molecule has 5 heterocycles. The Hall–Kier alpha value is -3.35. The molecule has 180 valence electrons. The number of nitrogens with zero attached hydrogens (tertiary/aromatic N) is 4. The standard InChI is InChI=1S/C28H31BF2N4/c1-8-22-17(4)27-26(21-11-13-33-25(15-21)24-14-16(3)10-12-32-24)28-18(5)23(9-2)20(7)35(28)29(30,31)34(27)19(22)6/h10-15H,8-9H2,1-7H3. The summed E-state index contributed by atoms with van der Waals surface area (Å²) >= 11 is 0. The first kappa shape index (κ1) is 23.4. The van der Waals surface area contributed by atoms with Gasteiger partial charge < -0.3 is 17.6 Å². The van der Waals surface area contributed by atoms with Crippen molar-refractivity contribution in [2.45, 2.75) is 61.3 Å². The van der Waals surface area contributed by atoms with Gasteiger partial charge in [-0.2, -0.15) is 0 Å². The van der Waals surface area contributed by atoms with E-state index in [1.54, 1.807) is 12.4 Å². The van der Waals surface area contributed by atoms with Crippen molar-refractivity contribution >= 4 is 18.3 Å². The fourth-order valence-electron chi connectivity index (χ4n) is 6.15. The topological polar surface area (TPSA) is 33.7 Å². The second-order valence-electron chi connectivity index (χ2n) is 9.63. The van der Waals surface area contributed by atoms with Crippen LogP contribution in [0, 0.1) is 20.8 Å². The summed E-state index contributed by atoms with van der Waals surface area (Å²) in [6, 6.07) is 7.86. The van der Waals surface area contributed by atoms with Gasteiger partial charge in [-0.05, 0) is 92.7 Å². The van der Waals surface area contributed by atoms with Gasteiger partial charge >= 0.3 is 6.97 Å². The zero-order valence-electron chi connectivity index (χ0n) is 21.5. The Balaban J connectivity index is 1.90. The minimum Gasteiger partial charge on any atom is -0.393 e. The van der Waals surface area contributed by atoms with E-state index in [9.17, 15) is 0 Å². The van der Waals surface area contributed by atoms with E-state index in [1.165, 1.54) is 8.96 Å². The molecular formula is C28H31BF2N4. The fraction of sp³-hybridized carbons (Fsp3) is 0.321. The van der Waals surface area contributed by atoms with Crippen molar-refractivity contribution in [2.75, 3.05) is 0 Å². The van der Waals surface area contributed by atoms with Gasteiger partial charge in [-0.15, -0.1) is 0 Å². The number of rotatable bonds is 4. The third-order valence-corrected chi connectivity index (χ3v) is 7.72. The minimum absolute atomic E-state index is 0.620. The fourth-order valence-corrected chi connectivity index (χ4v) is 6.15. The molecule has 0 aromatic carbocycles. The molecule has 0 unspecified atom stereocenters. The van der Waals surface area contributed by atoms with Gasteiger partial charge in [0.1, 0.15) is 5.71 Å². The molecule has 0 spiro atoms. The predicted molar refractivity (Wildman–Crippen MR) is 139 cm³/mol. The second kappa shape index (κ2) is 8.11. The van der Waals surface area contributed by atoms with Crippen molar-refractivity contribution in [3.63, 3.8) is 0 Å². The molecule has 2 aliphatic rings. The number of aromatic nitrogens is 3. The van der Waals surface area contributed by atoms with E-state index in [1.807, 2.05) is 72.7 Å². The van der Waals surface area contributed by atoms with Crippen LogP contribution in [0.25, 0.3) is 17.0 Å². The van der Waals surface area contributed by atoms with Crippen molar-refractivity contribution in [3.05, 3.63) is 87.1 Å². The quantitative estimate of drug-likeness (QED) is 0.399. The SMILES string of the molecule is CCC1=C(C)C2=C(c3ccnc(-c4cc(C)ccn4)c3)c3c(C)c(CC)c(C)n3[B-](F)(F)[N+]2=C1C. The molecule has 2 aliphatic heterocycles. The highest BCUT2D eigenvalue weighted by atomic mass is 19.2. The average Bonchev–Trinajstić information content (AvgIpc) is 3.24. The average molecular weight is 472 g/mol. The number of halogens is 2. The normalized spacial score (nSPS) is 16.8. The summed E-state index contributed by atoms with van der Waals surface area (Å²) in [5.41, 5.74) is 10.7. The van der Waals surface area contributed by atoms with Gasteiger partial charge in [-0.25, -0.2) is 0 Å². The first-order chi connectivity index (χ1) is 16.6. The molecular weight excluding hydrogens is 441 g/mol. The van der Waals surface area contributed by atoms with Crippen LogP contribution in [0.2, 0.25) is 0 Å². The van der Waals surface area contributed by atoms with Gasteiger partial charge in [0, 0.05) is 36.2 Å². The summed E-state index contributed by atoms with van der Waals surface area (Å²) in [6.45, 7) is 9.67. The molecule has 0 radical (unpaired) electrons. The molecule has 3 aromatic heterocycles. The number of fused-ring (bicyclic) bond motifs is 2. The summed E-state index contributed by atoms with van der Waals surface area (Å²) in [5.74, 6) is 0. The molecule has 0 aliphatic carbocycles. The smallest absolute Gasteiger partial charge is 0.393 e. The lowest BCUT2D eigenvalue weighted by atomic mass is 9.83. The van der Waals surface area contributed by atoms with E-state index in [4.69, 9.17) is 0 Å². The molecule has 7 heteroatoms. The largest absolute Gasteiger partial charge is 0.737 e. The molecule has 0 fully saturated rings. The third kappa shape index (κ3) is 3.20. The Bertz CT molecular complexity index is 1490. The van der Waals surface area contributed by atoms with Crippen LogP contribution in [0.5, 0.6) is 0 Å². The van der Waals surface area contributed by atoms with E-state index < -0.39 is 6.97 Å². The lowest BCUT2D eigenvalue weighted by molar-refractivity contribution is -0.363. The molecule has 3 aromatic rings. The van der Waals surface area contributed by atoms with Crippen molar-refractivity contribution in [1.82, 2.24) is 14.4 Å². The van der Waals surface area contributed by atoms with Crippen LogP contribution in [0.15, 0.2) is 53.5 Å². The highest BCUT2D eigenvalue weighted by Gasteiger charge is 2.56. The van der Waals surface area contributed by atoms with Crippen molar-refractivity contribution in [1.29, 1.82) is 0 Å². The molecule has 0 atom stereocenters. The van der Waals surface area contributed by atoms with E-state index in [-0.39, 0.29) is 0 Å². The van der Waals surface area contributed by atoms with Crippen LogP contribution >= 0.6 is 0 Å². The minimum atomic E-state index is -4.03. The summed E-state index contributed by atoms with van der Waals surface area (Å²) in [4.78, 5) is 9.08. The zero-order chi connectivity index (χ0) is 25.2. The summed E-state index contributed by atoms with van der Waals surface area (Å²) in [5, 5.41) is 0. The van der Waals surface area contributed by atoms with E-state index in [0.29, 0.717) is 35.6 Å². The van der Waals surface area contributed by atoms with Crippen LogP contribution in [0.3, 0.4) is 0 Å². The van der Waals surface area contributed by atoms with E-state index >= 15 is 8.63 Å². The highest BCUT2D eigenvalue weighted by Crippen LogP contribution is 2.47. The number of hydrogen-bond donors (Lipinski definition) is 0. The van der Waals surface area contributed by atoms with Gasteiger partial charge in [0.25, 0.3) is 0 Å². The molecule has 0 saturated heterocycles. The van der Waals surface area contributed by atoms with Crippen LogP contribution in [0.1, 0.15) is 67.8 Å². The lowest BCUT2D eigenvalue weighted by Crippen LogP contribution is -2.51. The maximum atomic E-state index is 16.4. The summed E-state index contributed by atoms with van der Waals surface area (Å²) in [7, 11) is 0. The van der Waals surface area contributed by atoms with Crippen LogP contribution < -0.4 is 0 Å². The summed E-state index contributed by atoms with van der Waals surface area (Å²) in [6.07, 6.45) is 4.94. The number of allylic oxidation sites excluding steroid dienone is 2. The first-order valence-electron chi connectivity index (χ1n) is 12.3. The van der Waals surface area contributed by atoms with Crippen LogP contribution in [-0.2, 0) is 6.42 Å². The molecule has 0 N–H and O–H groups in total. The van der Waals surface area contributed by atoms with Gasteiger partial charge in [0.15, 0.2) is 5.70 Å². The Morgan fingerprint density at radius 3 is 2.20 bits per heavy atom. The Labute approximate surface area is 205 Å². The van der Waals surface area contributed by atoms with Gasteiger partial charge in [-0.1, -0.05) is 13.8 Å². The first-order valence-corrected chi connectivity index (χ1v) is 12.3. The molecule has 35 heavy (non-hydrogen) atoms. The Morgan fingerprint density at radius 2 is 1.57 bits per heavy atom. The van der Waals surface area contributed by atoms with Gasteiger partial charge in [0.05, 0.1) is 17.0 Å². The highest BCUT2D eigenvalue weighted by molar-refractivity contribution is 6.58. The van der Waals surface area contributed by atoms with E-state index in [0.717, 1.165) is 50.4 Å². The molecule has 0 bridgehead atoms. The Morgan fingerprint density at radius 1 is 0.914 bits per heavy atom. The lowest BCUT2D eigenvalue weighted by Gasteiger charge is -2.34. The number of aryl methyl sites for hydroxylation is 1. The summed E-state index contributed by atoms with van der Waals surface area (Å²) < 4.78 is 35.4. The molecule has 4 nitrogen and oxygen atoms in total. The van der Waals surface area contributed by atoms with Crippen molar-refractivity contribution < 1.29 is 13.1 Å². The van der Waals surface area contributed by atoms with Crippen LogP contribution in [0.4, 0.5) is 8.63 Å². The number of hydrogen-bond acceptors (Lipinski definition) is 2. The maximum absolute atomic E-state index is 16.4. The molecule has 5 rings (SSSR count).